The van der Waals surface area contributed by atoms with Gasteiger partial charge in [-0.25, -0.2) is 0 Å². The molecular weight excluding hydrogens is 320 g/mol. The zero-order chi connectivity index (χ0) is 15.0. The first-order valence-corrected chi connectivity index (χ1v) is 7.67. The van der Waals surface area contributed by atoms with Crippen molar-refractivity contribution in [1.29, 1.82) is 0 Å². The molecule has 1 rings (SSSR count). The van der Waals surface area contributed by atoms with E-state index in [1.807, 2.05) is 13.0 Å². The molecule has 114 valence electrons. The van der Waals surface area contributed by atoms with Gasteiger partial charge >= 0.3 is 0 Å². The minimum absolute atomic E-state index is 0.00516. The smallest absolute Gasteiger partial charge is 0.0637 e. The van der Waals surface area contributed by atoms with Gasteiger partial charge in [0, 0.05) is 50.1 Å². The van der Waals surface area contributed by atoms with Gasteiger partial charge in [0.2, 0.25) is 0 Å². The molecule has 0 aliphatic rings. The van der Waals surface area contributed by atoms with E-state index in [9.17, 15) is 0 Å². The van der Waals surface area contributed by atoms with Gasteiger partial charge in [0.1, 0.15) is 0 Å². The van der Waals surface area contributed by atoms with Crippen LogP contribution in [0.2, 0.25) is 0 Å². The average molecular weight is 345 g/mol. The largest absolute Gasteiger partial charge is 0.385 e. The van der Waals surface area contributed by atoms with Gasteiger partial charge in [-0.05, 0) is 31.0 Å². The van der Waals surface area contributed by atoms with Crippen LogP contribution in [0.25, 0.3) is 0 Å². The molecule has 4 nitrogen and oxygen atoms in total. The molecule has 0 amide bonds. The van der Waals surface area contributed by atoms with Crippen LogP contribution in [0.3, 0.4) is 0 Å². The molecule has 5 heteroatoms. The summed E-state index contributed by atoms with van der Waals surface area (Å²) in [5.74, 6) is 0. The van der Waals surface area contributed by atoms with Crippen LogP contribution in [0.1, 0.15) is 24.9 Å². The Balaban J connectivity index is 2.94. The lowest BCUT2D eigenvalue weighted by molar-refractivity contribution is 0.191. The zero-order valence-corrected chi connectivity index (χ0v) is 14.1. The van der Waals surface area contributed by atoms with E-state index in [1.54, 1.807) is 14.2 Å². The van der Waals surface area contributed by atoms with Crippen molar-refractivity contribution in [3.8, 4) is 0 Å². The minimum atomic E-state index is 0.00516. The lowest BCUT2D eigenvalue weighted by Gasteiger charge is -2.28. The molecule has 0 saturated carbocycles. The van der Waals surface area contributed by atoms with E-state index in [1.165, 1.54) is 5.69 Å². The highest BCUT2D eigenvalue weighted by molar-refractivity contribution is 9.10. The first-order chi connectivity index (χ1) is 9.60. The Bertz CT molecular complexity index is 399. The van der Waals surface area contributed by atoms with Crippen molar-refractivity contribution < 1.29 is 9.47 Å². The number of anilines is 1. The second-order valence-electron chi connectivity index (χ2n) is 4.82. The molecule has 0 radical (unpaired) electrons. The van der Waals surface area contributed by atoms with Gasteiger partial charge in [0.25, 0.3) is 0 Å². The van der Waals surface area contributed by atoms with Crippen molar-refractivity contribution in [2.24, 2.45) is 5.73 Å². The number of hydrogen-bond donors (Lipinski definition) is 1. The van der Waals surface area contributed by atoms with Gasteiger partial charge in [0.15, 0.2) is 0 Å². The third-order valence-corrected chi connectivity index (χ3v) is 3.66. The number of nitrogens with zero attached hydrogens (tertiary/aromatic N) is 1. The van der Waals surface area contributed by atoms with E-state index in [0.29, 0.717) is 6.61 Å². The Morgan fingerprint density at radius 3 is 2.50 bits per heavy atom. The fourth-order valence-electron chi connectivity index (χ4n) is 2.13. The molecule has 1 unspecified atom stereocenters. The van der Waals surface area contributed by atoms with Crippen LogP contribution < -0.4 is 10.6 Å². The number of nitrogens with two attached hydrogens (primary N) is 1. The van der Waals surface area contributed by atoms with Gasteiger partial charge in [-0.3, -0.25) is 0 Å². The summed E-state index contributed by atoms with van der Waals surface area (Å²) in [4.78, 5) is 2.31. The number of benzene rings is 1. The summed E-state index contributed by atoms with van der Waals surface area (Å²) in [6.07, 6.45) is 0.977. The molecule has 0 saturated heterocycles. The highest BCUT2D eigenvalue weighted by atomic mass is 79.9. The Hall–Kier alpha value is -0.620. The Labute approximate surface area is 130 Å². The molecule has 0 aliphatic heterocycles. The van der Waals surface area contributed by atoms with Crippen molar-refractivity contribution in [1.82, 2.24) is 0 Å². The van der Waals surface area contributed by atoms with E-state index in [2.05, 4.69) is 33.0 Å². The highest BCUT2D eigenvalue weighted by Crippen LogP contribution is 2.29. The average Bonchev–Trinajstić information content (AvgIpc) is 2.42. The van der Waals surface area contributed by atoms with Crippen molar-refractivity contribution in [3.63, 3.8) is 0 Å². The maximum atomic E-state index is 6.09. The van der Waals surface area contributed by atoms with Crippen LogP contribution in [-0.4, -0.2) is 40.5 Å². The summed E-state index contributed by atoms with van der Waals surface area (Å²) in [6.45, 7) is 5.23. The van der Waals surface area contributed by atoms with Gasteiger partial charge in [-0.2, -0.15) is 0 Å². The fourth-order valence-corrected chi connectivity index (χ4v) is 2.48. The van der Waals surface area contributed by atoms with E-state index in [4.69, 9.17) is 15.2 Å². The number of ether oxygens (including phenoxy) is 2. The molecular formula is C15H25BrN2O2. The molecule has 0 bridgehead atoms. The summed E-state index contributed by atoms with van der Waals surface area (Å²) in [7, 11) is 3.45. The summed E-state index contributed by atoms with van der Waals surface area (Å²) in [6, 6.07) is 6.25. The van der Waals surface area contributed by atoms with Crippen molar-refractivity contribution in [2.45, 2.75) is 19.4 Å². The molecule has 20 heavy (non-hydrogen) atoms. The topological polar surface area (TPSA) is 47.7 Å². The number of methoxy groups -OCH3 is 2. The summed E-state index contributed by atoms with van der Waals surface area (Å²) < 4.78 is 11.4. The van der Waals surface area contributed by atoms with Gasteiger partial charge in [-0.1, -0.05) is 22.0 Å². The lowest BCUT2D eigenvalue weighted by atomic mass is 10.1. The first kappa shape index (κ1) is 17.4. The first-order valence-electron chi connectivity index (χ1n) is 6.88. The van der Waals surface area contributed by atoms with Crippen LogP contribution in [0.15, 0.2) is 22.7 Å². The number of hydrogen-bond acceptors (Lipinski definition) is 4. The second kappa shape index (κ2) is 9.34. The maximum Gasteiger partial charge on any atom is 0.0637 e. The molecule has 0 heterocycles. The fraction of sp³-hybridized carbons (Fsp3) is 0.600. The monoisotopic (exact) mass is 344 g/mol. The third kappa shape index (κ3) is 5.40. The molecule has 1 aromatic rings. The van der Waals surface area contributed by atoms with Crippen LogP contribution in [0.4, 0.5) is 5.69 Å². The summed E-state index contributed by atoms with van der Waals surface area (Å²) in [5.41, 5.74) is 8.41. The van der Waals surface area contributed by atoms with Gasteiger partial charge < -0.3 is 20.1 Å². The molecule has 1 aromatic carbocycles. The molecule has 2 N–H and O–H groups in total. The van der Waals surface area contributed by atoms with Gasteiger partial charge in [-0.15, -0.1) is 0 Å². The normalized spacial score (nSPS) is 12.4. The predicted octanol–water partition coefficient (Wildman–Crippen LogP) is 2.96. The molecule has 0 fully saturated rings. The van der Waals surface area contributed by atoms with Crippen molar-refractivity contribution in [3.05, 3.63) is 28.2 Å². The summed E-state index contributed by atoms with van der Waals surface area (Å²) in [5, 5.41) is 0. The lowest BCUT2D eigenvalue weighted by Crippen LogP contribution is -2.30. The van der Waals surface area contributed by atoms with E-state index in [0.717, 1.165) is 36.2 Å². The van der Waals surface area contributed by atoms with E-state index >= 15 is 0 Å². The Morgan fingerprint density at radius 2 is 1.90 bits per heavy atom. The Morgan fingerprint density at radius 1 is 1.20 bits per heavy atom. The minimum Gasteiger partial charge on any atom is -0.385 e. The SMILES string of the molecule is COCCCN(CCOC)c1cc(Br)ccc1C(C)N. The molecule has 0 aromatic heterocycles. The van der Waals surface area contributed by atoms with Crippen molar-refractivity contribution in [2.75, 3.05) is 45.4 Å². The standard InChI is InChI=1S/C15H25BrN2O2/c1-12(17)14-6-5-13(16)11-15(14)18(8-10-20-3)7-4-9-19-2/h5-6,11-12H,4,7-10,17H2,1-3H3. The van der Waals surface area contributed by atoms with Gasteiger partial charge in [0.05, 0.1) is 6.61 Å². The van der Waals surface area contributed by atoms with Crippen LogP contribution in [0, 0.1) is 0 Å². The molecule has 1 atom stereocenters. The van der Waals surface area contributed by atoms with Crippen LogP contribution in [0.5, 0.6) is 0 Å². The summed E-state index contributed by atoms with van der Waals surface area (Å²) >= 11 is 3.54. The number of halogens is 1. The quantitative estimate of drug-likeness (QED) is 0.699. The predicted molar refractivity (Wildman–Crippen MR) is 87.3 cm³/mol. The van der Waals surface area contributed by atoms with E-state index in [-0.39, 0.29) is 6.04 Å². The maximum absolute atomic E-state index is 6.09. The third-order valence-electron chi connectivity index (χ3n) is 3.17. The second-order valence-corrected chi connectivity index (χ2v) is 5.73. The van der Waals surface area contributed by atoms with Crippen LogP contribution in [-0.2, 0) is 9.47 Å². The van der Waals surface area contributed by atoms with Crippen molar-refractivity contribution >= 4 is 21.6 Å². The molecule has 0 aliphatic carbocycles. The molecule has 0 spiro atoms. The van der Waals surface area contributed by atoms with Crippen LogP contribution >= 0.6 is 15.9 Å². The highest BCUT2D eigenvalue weighted by Gasteiger charge is 2.14. The Kier molecular flexibility index (Phi) is 8.14. The zero-order valence-electron chi connectivity index (χ0n) is 12.6. The number of rotatable bonds is 9. The van der Waals surface area contributed by atoms with E-state index < -0.39 is 0 Å².